The fraction of sp³-hybridized carbons (Fsp3) is 0.200. The molecule has 0 radical (unpaired) electrons. The minimum atomic E-state index is -0.754. The van der Waals surface area contributed by atoms with Gasteiger partial charge in [0, 0.05) is 10.9 Å². The molecule has 2 aromatic rings. The topological polar surface area (TPSA) is 46.2 Å². The van der Waals surface area contributed by atoms with Crippen molar-refractivity contribution in [1.29, 1.82) is 0 Å². The molecule has 2 rings (SSSR count). The van der Waals surface area contributed by atoms with Gasteiger partial charge in [-0.3, -0.25) is 0 Å². The van der Waals surface area contributed by atoms with Gasteiger partial charge in [-0.25, -0.2) is 4.39 Å². The van der Waals surface area contributed by atoms with E-state index in [2.05, 4.69) is 15.9 Å². The maximum absolute atomic E-state index is 13.3. The minimum absolute atomic E-state index is 0. The molecule has 3 N–H and O–H groups in total. The number of rotatable bonds is 4. The Morgan fingerprint density at radius 3 is 2.40 bits per heavy atom. The molecule has 0 amide bonds. The summed E-state index contributed by atoms with van der Waals surface area (Å²) in [6, 6.07) is 13.4. The summed E-state index contributed by atoms with van der Waals surface area (Å²) >= 11 is 3.22. The number of hydrogen-bond acceptors (Lipinski definition) is 2. The third-order valence-electron chi connectivity index (χ3n) is 2.97. The lowest BCUT2D eigenvalue weighted by molar-refractivity contribution is 0.145. The van der Waals surface area contributed by atoms with Crippen molar-refractivity contribution in [3.63, 3.8) is 0 Å². The Morgan fingerprint density at radius 1 is 1.15 bits per heavy atom. The summed E-state index contributed by atoms with van der Waals surface area (Å²) in [6.07, 6.45) is -0.313. The summed E-state index contributed by atoms with van der Waals surface area (Å²) in [7, 11) is 0. The van der Waals surface area contributed by atoms with Crippen LogP contribution in [0.1, 0.15) is 17.2 Å². The molecule has 108 valence electrons. The fourth-order valence-corrected chi connectivity index (χ4v) is 2.46. The Balaban J connectivity index is 0.00000200. The zero-order valence-corrected chi connectivity index (χ0v) is 13.1. The molecule has 0 spiro atoms. The standard InChI is InChI=1S/C15H15BrFNO.ClH/c16-12-7-11(8-13(17)9-12)15(18)14(19)6-10-4-2-1-3-5-10;/h1-5,7-9,14-15,19H,6,18H2;1H/t14-,15+;/m0./s1. The molecule has 20 heavy (non-hydrogen) atoms. The first kappa shape index (κ1) is 17.1. The lowest BCUT2D eigenvalue weighted by atomic mass is 9.97. The number of aliphatic hydroxyl groups excluding tert-OH is 1. The van der Waals surface area contributed by atoms with Crippen LogP contribution in [-0.4, -0.2) is 11.2 Å². The highest BCUT2D eigenvalue weighted by molar-refractivity contribution is 9.10. The largest absolute Gasteiger partial charge is 0.391 e. The van der Waals surface area contributed by atoms with Crippen molar-refractivity contribution in [2.24, 2.45) is 5.73 Å². The van der Waals surface area contributed by atoms with E-state index in [1.165, 1.54) is 12.1 Å². The van der Waals surface area contributed by atoms with E-state index >= 15 is 0 Å². The molecule has 0 bridgehead atoms. The second-order valence-electron chi connectivity index (χ2n) is 4.49. The second-order valence-corrected chi connectivity index (χ2v) is 5.40. The minimum Gasteiger partial charge on any atom is -0.391 e. The molecule has 0 aromatic heterocycles. The van der Waals surface area contributed by atoms with Gasteiger partial charge in [0.2, 0.25) is 0 Å². The van der Waals surface area contributed by atoms with Crippen LogP contribution >= 0.6 is 28.3 Å². The molecule has 0 aliphatic heterocycles. The molecule has 0 heterocycles. The van der Waals surface area contributed by atoms with E-state index in [0.717, 1.165) is 5.56 Å². The Kier molecular flexibility index (Phi) is 6.62. The van der Waals surface area contributed by atoms with Crippen molar-refractivity contribution in [1.82, 2.24) is 0 Å². The number of halogens is 3. The van der Waals surface area contributed by atoms with Crippen LogP contribution < -0.4 is 5.73 Å². The van der Waals surface area contributed by atoms with Crippen LogP contribution in [0.3, 0.4) is 0 Å². The van der Waals surface area contributed by atoms with Gasteiger partial charge in [0.1, 0.15) is 5.82 Å². The van der Waals surface area contributed by atoms with E-state index in [4.69, 9.17) is 5.73 Å². The molecule has 0 fully saturated rings. The van der Waals surface area contributed by atoms with Crippen LogP contribution in [0.25, 0.3) is 0 Å². The summed E-state index contributed by atoms with van der Waals surface area (Å²) in [5.74, 6) is -0.369. The maximum atomic E-state index is 13.3. The fourth-order valence-electron chi connectivity index (χ4n) is 1.97. The molecule has 2 atom stereocenters. The first-order valence-corrected chi connectivity index (χ1v) is 6.79. The zero-order chi connectivity index (χ0) is 13.8. The summed E-state index contributed by atoms with van der Waals surface area (Å²) in [4.78, 5) is 0. The van der Waals surface area contributed by atoms with E-state index in [-0.39, 0.29) is 18.2 Å². The smallest absolute Gasteiger partial charge is 0.124 e. The quantitative estimate of drug-likeness (QED) is 0.875. The van der Waals surface area contributed by atoms with Crippen molar-refractivity contribution in [2.75, 3.05) is 0 Å². The third kappa shape index (κ3) is 4.56. The van der Waals surface area contributed by atoms with E-state index < -0.39 is 12.1 Å². The van der Waals surface area contributed by atoms with Gasteiger partial charge in [-0.1, -0.05) is 46.3 Å². The SMILES string of the molecule is Cl.N[C@H](c1cc(F)cc(Br)c1)[C@@H](O)Cc1ccccc1. The highest BCUT2D eigenvalue weighted by Crippen LogP contribution is 2.22. The monoisotopic (exact) mass is 359 g/mol. The van der Waals surface area contributed by atoms with Gasteiger partial charge in [-0.2, -0.15) is 0 Å². The first-order valence-electron chi connectivity index (χ1n) is 6.00. The van der Waals surface area contributed by atoms with E-state index in [9.17, 15) is 9.50 Å². The molecule has 0 saturated carbocycles. The van der Waals surface area contributed by atoms with Crippen molar-refractivity contribution < 1.29 is 9.50 Å². The molecule has 0 saturated heterocycles. The molecular weight excluding hydrogens is 345 g/mol. The van der Waals surface area contributed by atoms with Crippen LogP contribution in [0.2, 0.25) is 0 Å². The number of nitrogens with two attached hydrogens (primary N) is 1. The van der Waals surface area contributed by atoms with Crippen molar-refractivity contribution in [2.45, 2.75) is 18.6 Å². The zero-order valence-electron chi connectivity index (χ0n) is 10.7. The molecule has 0 aliphatic carbocycles. The summed E-state index contributed by atoms with van der Waals surface area (Å²) in [6.45, 7) is 0. The van der Waals surface area contributed by atoms with Crippen LogP contribution in [-0.2, 0) is 6.42 Å². The lowest BCUT2D eigenvalue weighted by Gasteiger charge is -2.19. The van der Waals surface area contributed by atoms with Crippen LogP contribution in [0.5, 0.6) is 0 Å². The molecule has 5 heteroatoms. The van der Waals surface area contributed by atoms with E-state index in [1.807, 2.05) is 30.3 Å². The number of aliphatic hydroxyl groups is 1. The molecule has 0 unspecified atom stereocenters. The first-order chi connectivity index (χ1) is 9.06. The number of benzene rings is 2. The molecule has 0 aliphatic rings. The number of hydrogen-bond donors (Lipinski definition) is 2. The lowest BCUT2D eigenvalue weighted by Crippen LogP contribution is -2.28. The second kappa shape index (κ2) is 7.74. The van der Waals surface area contributed by atoms with Gasteiger partial charge in [-0.05, 0) is 29.3 Å². The van der Waals surface area contributed by atoms with E-state index in [1.54, 1.807) is 6.07 Å². The Hall–Kier alpha value is -0.940. The average Bonchev–Trinajstić information content (AvgIpc) is 2.37. The normalized spacial score (nSPS) is 13.4. The van der Waals surface area contributed by atoms with Crippen LogP contribution in [0.15, 0.2) is 53.0 Å². The Labute approximate surface area is 132 Å². The van der Waals surface area contributed by atoms with Gasteiger partial charge >= 0.3 is 0 Å². The predicted octanol–water partition coefficient (Wildman–Crippen LogP) is 3.61. The highest BCUT2D eigenvalue weighted by atomic mass is 79.9. The molecule has 2 nitrogen and oxygen atoms in total. The van der Waals surface area contributed by atoms with Gasteiger partial charge in [0.25, 0.3) is 0 Å². The maximum Gasteiger partial charge on any atom is 0.124 e. The van der Waals surface area contributed by atoms with Gasteiger partial charge in [0.05, 0.1) is 12.1 Å². The highest BCUT2D eigenvalue weighted by Gasteiger charge is 2.18. The molecule has 2 aromatic carbocycles. The summed E-state index contributed by atoms with van der Waals surface area (Å²) in [5, 5.41) is 10.1. The van der Waals surface area contributed by atoms with Gasteiger partial charge in [0.15, 0.2) is 0 Å². The van der Waals surface area contributed by atoms with Crippen LogP contribution in [0.4, 0.5) is 4.39 Å². The summed E-state index contributed by atoms with van der Waals surface area (Å²) < 4.78 is 13.9. The van der Waals surface area contributed by atoms with E-state index in [0.29, 0.717) is 16.5 Å². The van der Waals surface area contributed by atoms with Crippen LogP contribution in [0, 0.1) is 5.82 Å². The molecular formula is C15H16BrClFNO. The Morgan fingerprint density at radius 2 is 1.80 bits per heavy atom. The summed E-state index contributed by atoms with van der Waals surface area (Å²) in [5.41, 5.74) is 7.57. The van der Waals surface area contributed by atoms with Crippen molar-refractivity contribution in [3.05, 3.63) is 69.9 Å². The van der Waals surface area contributed by atoms with Gasteiger partial charge < -0.3 is 10.8 Å². The average molecular weight is 361 g/mol. The van der Waals surface area contributed by atoms with Crippen molar-refractivity contribution in [3.8, 4) is 0 Å². The van der Waals surface area contributed by atoms with Crippen molar-refractivity contribution >= 4 is 28.3 Å². The Bertz CT molecular complexity index is 533. The third-order valence-corrected chi connectivity index (χ3v) is 3.43. The van der Waals surface area contributed by atoms with Gasteiger partial charge in [-0.15, -0.1) is 12.4 Å². The predicted molar refractivity (Wildman–Crippen MR) is 84.4 cm³/mol.